The van der Waals surface area contributed by atoms with Gasteiger partial charge in [-0.1, -0.05) is 25.1 Å². The molecule has 0 aliphatic carbocycles. The molecule has 26 heavy (non-hydrogen) atoms. The molecular formula is C20H19F2N3O. The smallest absolute Gasteiger partial charge is 0.223 e. The second kappa shape index (κ2) is 7.91. The minimum atomic E-state index is -0.387. The van der Waals surface area contributed by atoms with Crippen molar-refractivity contribution in [3.63, 3.8) is 0 Å². The predicted octanol–water partition coefficient (Wildman–Crippen LogP) is 3.65. The summed E-state index contributed by atoms with van der Waals surface area (Å²) in [6.07, 6.45) is 5.20. The molecule has 0 spiro atoms. The Labute approximate surface area is 150 Å². The van der Waals surface area contributed by atoms with E-state index in [0.717, 1.165) is 5.56 Å². The van der Waals surface area contributed by atoms with Crippen LogP contribution in [0.2, 0.25) is 0 Å². The Morgan fingerprint density at radius 1 is 1.19 bits per heavy atom. The second-order valence-corrected chi connectivity index (χ2v) is 6.21. The number of nitrogens with zero attached hydrogens (tertiary/aromatic N) is 2. The number of carbonyl (C=O) groups is 1. The van der Waals surface area contributed by atoms with Crippen LogP contribution < -0.4 is 5.32 Å². The van der Waals surface area contributed by atoms with Crippen LogP contribution in [0.3, 0.4) is 0 Å². The Balaban J connectivity index is 1.58. The molecule has 1 N–H and O–H groups in total. The van der Waals surface area contributed by atoms with Crippen LogP contribution in [0, 0.1) is 17.6 Å². The van der Waals surface area contributed by atoms with Crippen molar-refractivity contribution in [3.05, 3.63) is 83.9 Å². The molecular weight excluding hydrogens is 336 g/mol. The van der Waals surface area contributed by atoms with Gasteiger partial charge in [-0.15, -0.1) is 0 Å². The summed E-state index contributed by atoms with van der Waals surface area (Å²) in [5, 5.41) is 2.80. The number of benzene rings is 2. The van der Waals surface area contributed by atoms with E-state index in [1.54, 1.807) is 48.1 Å². The van der Waals surface area contributed by atoms with E-state index < -0.39 is 0 Å². The number of carbonyl (C=O) groups excluding carboxylic acids is 1. The molecule has 6 heteroatoms. The maximum Gasteiger partial charge on any atom is 0.223 e. The van der Waals surface area contributed by atoms with Crippen LogP contribution in [-0.2, 0) is 17.8 Å². The van der Waals surface area contributed by atoms with E-state index in [4.69, 9.17) is 0 Å². The Morgan fingerprint density at radius 3 is 2.73 bits per heavy atom. The number of halogens is 2. The molecule has 3 aromatic rings. The normalized spacial score (nSPS) is 12.0. The third kappa shape index (κ3) is 4.33. The van der Waals surface area contributed by atoms with Crippen LogP contribution in [0.1, 0.15) is 18.1 Å². The van der Waals surface area contributed by atoms with Gasteiger partial charge in [-0.2, -0.15) is 0 Å². The maximum atomic E-state index is 14.2. The van der Waals surface area contributed by atoms with Crippen molar-refractivity contribution >= 4 is 5.91 Å². The number of imidazole rings is 1. The summed E-state index contributed by atoms with van der Waals surface area (Å²) in [7, 11) is 0. The first-order chi connectivity index (χ1) is 12.5. The van der Waals surface area contributed by atoms with Crippen molar-refractivity contribution in [1.29, 1.82) is 0 Å². The van der Waals surface area contributed by atoms with Crippen LogP contribution in [0.4, 0.5) is 8.78 Å². The molecule has 2 aromatic carbocycles. The molecule has 1 heterocycles. The number of hydrogen-bond acceptors (Lipinski definition) is 2. The molecule has 0 saturated heterocycles. The molecule has 0 aliphatic rings. The van der Waals surface area contributed by atoms with E-state index in [1.165, 1.54) is 24.5 Å². The van der Waals surface area contributed by atoms with Crippen molar-refractivity contribution in [2.24, 2.45) is 5.92 Å². The molecule has 1 aromatic heterocycles. The van der Waals surface area contributed by atoms with Gasteiger partial charge in [0, 0.05) is 24.9 Å². The van der Waals surface area contributed by atoms with Crippen molar-refractivity contribution in [2.45, 2.75) is 19.9 Å². The van der Waals surface area contributed by atoms with Gasteiger partial charge < -0.3 is 9.88 Å². The van der Waals surface area contributed by atoms with Gasteiger partial charge in [0.15, 0.2) is 0 Å². The van der Waals surface area contributed by atoms with E-state index in [9.17, 15) is 13.6 Å². The zero-order valence-electron chi connectivity index (χ0n) is 14.3. The molecule has 0 saturated carbocycles. The van der Waals surface area contributed by atoms with Gasteiger partial charge in [0.2, 0.25) is 5.91 Å². The number of rotatable bonds is 6. The molecule has 4 nitrogen and oxygen atoms in total. The van der Waals surface area contributed by atoms with Gasteiger partial charge in [0.25, 0.3) is 0 Å². The number of hydrogen-bond donors (Lipinski definition) is 1. The molecule has 1 unspecified atom stereocenters. The van der Waals surface area contributed by atoms with Crippen LogP contribution in [-0.4, -0.2) is 15.5 Å². The molecule has 0 aliphatic heterocycles. The van der Waals surface area contributed by atoms with Gasteiger partial charge in [-0.25, -0.2) is 13.8 Å². The van der Waals surface area contributed by atoms with Gasteiger partial charge >= 0.3 is 0 Å². The van der Waals surface area contributed by atoms with E-state index in [1.807, 2.05) is 0 Å². The van der Waals surface area contributed by atoms with Gasteiger partial charge in [-0.3, -0.25) is 4.79 Å². The SMILES string of the molecule is CC(Cc1cccc(F)c1)C(=O)NCc1ccc(-n2ccnc2)c(F)c1. The average Bonchev–Trinajstić information content (AvgIpc) is 3.14. The first kappa shape index (κ1) is 17.8. The van der Waals surface area contributed by atoms with Crippen LogP contribution in [0.25, 0.3) is 5.69 Å². The fourth-order valence-electron chi connectivity index (χ4n) is 2.74. The highest BCUT2D eigenvalue weighted by molar-refractivity contribution is 5.78. The molecule has 0 bridgehead atoms. The topological polar surface area (TPSA) is 46.9 Å². The molecule has 134 valence electrons. The zero-order chi connectivity index (χ0) is 18.5. The number of amides is 1. The monoisotopic (exact) mass is 355 g/mol. The van der Waals surface area contributed by atoms with Gasteiger partial charge in [0.1, 0.15) is 11.6 Å². The summed E-state index contributed by atoms with van der Waals surface area (Å²) in [5.41, 5.74) is 1.83. The second-order valence-electron chi connectivity index (χ2n) is 6.21. The summed E-state index contributed by atoms with van der Waals surface area (Å²) >= 11 is 0. The first-order valence-corrected chi connectivity index (χ1v) is 8.32. The predicted molar refractivity (Wildman–Crippen MR) is 94.6 cm³/mol. The molecule has 0 radical (unpaired) electrons. The van der Waals surface area contributed by atoms with Crippen molar-refractivity contribution in [1.82, 2.24) is 14.9 Å². The van der Waals surface area contributed by atoms with Crippen LogP contribution >= 0.6 is 0 Å². The molecule has 1 atom stereocenters. The summed E-state index contributed by atoms with van der Waals surface area (Å²) < 4.78 is 29.0. The fraction of sp³-hybridized carbons (Fsp3) is 0.200. The molecule has 3 rings (SSSR count). The largest absolute Gasteiger partial charge is 0.352 e. The summed E-state index contributed by atoms with van der Waals surface area (Å²) in [4.78, 5) is 16.1. The quantitative estimate of drug-likeness (QED) is 0.734. The molecule has 1 amide bonds. The Hall–Kier alpha value is -3.02. The zero-order valence-corrected chi connectivity index (χ0v) is 14.3. The van der Waals surface area contributed by atoms with Gasteiger partial charge in [0.05, 0.1) is 12.0 Å². The lowest BCUT2D eigenvalue weighted by Gasteiger charge is -2.13. The highest BCUT2D eigenvalue weighted by atomic mass is 19.1. The highest BCUT2D eigenvalue weighted by Crippen LogP contribution is 2.15. The van der Waals surface area contributed by atoms with Gasteiger partial charge in [-0.05, 0) is 41.8 Å². The average molecular weight is 355 g/mol. The number of aromatic nitrogens is 2. The summed E-state index contributed by atoms with van der Waals surface area (Å²) in [6, 6.07) is 11.0. The van der Waals surface area contributed by atoms with E-state index in [0.29, 0.717) is 17.7 Å². The third-order valence-electron chi connectivity index (χ3n) is 4.14. The lowest BCUT2D eigenvalue weighted by atomic mass is 10.00. The first-order valence-electron chi connectivity index (χ1n) is 8.32. The summed E-state index contributed by atoms with van der Waals surface area (Å²) in [5.74, 6) is -1.17. The van der Waals surface area contributed by atoms with Crippen molar-refractivity contribution in [3.8, 4) is 5.69 Å². The maximum absolute atomic E-state index is 14.2. The van der Waals surface area contributed by atoms with E-state index >= 15 is 0 Å². The Kier molecular flexibility index (Phi) is 5.41. The molecule has 0 fully saturated rings. The van der Waals surface area contributed by atoms with E-state index in [-0.39, 0.29) is 30.0 Å². The third-order valence-corrected chi connectivity index (χ3v) is 4.14. The highest BCUT2D eigenvalue weighted by Gasteiger charge is 2.14. The Bertz CT molecular complexity index is 894. The van der Waals surface area contributed by atoms with E-state index in [2.05, 4.69) is 10.3 Å². The lowest BCUT2D eigenvalue weighted by molar-refractivity contribution is -0.124. The fourth-order valence-corrected chi connectivity index (χ4v) is 2.74. The van der Waals surface area contributed by atoms with Crippen molar-refractivity contribution in [2.75, 3.05) is 0 Å². The van der Waals surface area contributed by atoms with Crippen LogP contribution in [0.5, 0.6) is 0 Å². The van der Waals surface area contributed by atoms with Crippen molar-refractivity contribution < 1.29 is 13.6 Å². The standard InChI is InChI=1S/C20H19F2N3O/c1-14(9-15-3-2-4-17(21)10-15)20(26)24-12-16-5-6-19(18(22)11-16)25-8-7-23-13-25/h2-8,10-11,13-14H,9,12H2,1H3,(H,24,26). The Morgan fingerprint density at radius 2 is 2.04 bits per heavy atom. The van der Waals surface area contributed by atoms with Crippen LogP contribution in [0.15, 0.2) is 61.2 Å². The number of nitrogens with one attached hydrogen (secondary N) is 1. The summed E-state index contributed by atoms with van der Waals surface area (Å²) in [6.45, 7) is 2.01. The minimum Gasteiger partial charge on any atom is -0.352 e. The lowest BCUT2D eigenvalue weighted by Crippen LogP contribution is -2.29. The minimum absolute atomic E-state index is 0.159.